The Labute approximate surface area is 178 Å². The number of rotatable bonds is 6. The maximum atomic E-state index is 12.3. The van der Waals surface area contributed by atoms with Gasteiger partial charge in [0.15, 0.2) is 0 Å². The van der Waals surface area contributed by atoms with E-state index in [0.717, 1.165) is 49.4 Å². The van der Waals surface area contributed by atoms with Crippen molar-refractivity contribution in [2.24, 2.45) is 5.10 Å². The highest BCUT2D eigenvalue weighted by atomic mass is 32.2. The molecule has 152 valence electrons. The van der Waals surface area contributed by atoms with E-state index in [1.165, 1.54) is 11.8 Å². The van der Waals surface area contributed by atoms with Crippen LogP contribution < -0.4 is 10.2 Å². The molecule has 4 aromatic rings. The lowest BCUT2D eigenvalue weighted by Gasteiger charge is -2.10. The summed E-state index contributed by atoms with van der Waals surface area (Å²) in [6.45, 7) is 3.92. The Morgan fingerprint density at radius 2 is 2.00 bits per heavy atom. The molecule has 2 N–H and O–H groups in total. The smallest absolute Gasteiger partial charge is 0.250 e. The van der Waals surface area contributed by atoms with Crippen molar-refractivity contribution in [1.29, 1.82) is 0 Å². The molecule has 0 aliphatic heterocycles. The maximum Gasteiger partial charge on any atom is 0.250 e. The number of methoxy groups -OCH3 is 1. The first-order valence-corrected chi connectivity index (χ1v) is 10.5. The average molecular weight is 419 g/mol. The number of benzene rings is 2. The number of ether oxygens (including phenoxy) is 1. The van der Waals surface area contributed by atoms with Crippen molar-refractivity contribution in [3.63, 3.8) is 0 Å². The van der Waals surface area contributed by atoms with Crippen molar-refractivity contribution >= 4 is 45.7 Å². The summed E-state index contributed by atoms with van der Waals surface area (Å²) in [7, 11) is 1.63. The fourth-order valence-electron chi connectivity index (χ4n) is 3.41. The molecule has 0 radical (unpaired) electrons. The van der Waals surface area contributed by atoms with Crippen molar-refractivity contribution < 1.29 is 9.53 Å². The summed E-state index contributed by atoms with van der Waals surface area (Å²) in [5.41, 5.74) is 7.34. The fraction of sp³-hybridized carbons (Fsp3) is 0.174. The van der Waals surface area contributed by atoms with Gasteiger partial charge in [-0.15, -0.1) is 11.8 Å². The molecule has 7 heteroatoms. The van der Waals surface area contributed by atoms with E-state index >= 15 is 0 Å². The third kappa shape index (κ3) is 4.02. The van der Waals surface area contributed by atoms with E-state index in [1.807, 2.05) is 62.4 Å². The number of aromatic nitrogens is 2. The second-order valence-electron chi connectivity index (χ2n) is 6.91. The first kappa shape index (κ1) is 20.0. The number of H-pyrrole nitrogens is 1. The molecule has 1 amide bonds. The maximum absolute atomic E-state index is 12.3. The predicted molar refractivity (Wildman–Crippen MR) is 123 cm³/mol. The fourth-order valence-corrected chi connectivity index (χ4v) is 4.33. The summed E-state index contributed by atoms with van der Waals surface area (Å²) in [5, 5.41) is 6.20. The number of nitrogens with one attached hydrogen (secondary N) is 2. The summed E-state index contributed by atoms with van der Waals surface area (Å²) >= 11 is 1.46. The number of carbonyl (C=O) groups excluding carboxylic acids is 1. The highest BCUT2D eigenvalue weighted by molar-refractivity contribution is 8.00. The van der Waals surface area contributed by atoms with E-state index in [-0.39, 0.29) is 11.7 Å². The van der Waals surface area contributed by atoms with Crippen LogP contribution in [0.25, 0.3) is 21.8 Å². The van der Waals surface area contributed by atoms with Gasteiger partial charge in [0.05, 0.1) is 19.1 Å². The van der Waals surface area contributed by atoms with Crippen LogP contribution in [0, 0.1) is 13.8 Å². The van der Waals surface area contributed by atoms with Gasteiger partial charge in [0.1, 0.15) is 11.3 Å². The number of aryl methyl sites for hydroxylation is 2. The molecule has 0 saturated carbocycles. The molecule has 2 aromatic heterocycles. The molecule has 0 saturated heterocycles. The summed E-state index contributed by atoms with van der Waals surface area (Å²) in [6.07, 6.45) is 1.69. The zero-order valence-corrected chi connectivity index (χ0v) is 17.8. The monoisotopic (exact) mass is 418 g/mol. The van der Waals surface area contributed by atoms with Gasteiger partial charge < -0.3 is 9.72 Å². The third-order valence-corrected chi connectivity index (χ3v) is 5.85. The molecule has 2 aromatic carbocycles. The lowest BCUT2D eigenvalue weighted by molar-refractivity contribution is -0.118. The van der Waals surface area contributed by atoms with E-state index in [9.17, 15) is 4.79 Å². The lowest BCUT2D eigenvalue weighted by Crippen LogP contribution is -2.19. The molecular formula is C23H22N4O2S. The lowest BCUT2D eigenvalue weighted by atomic mass is 10.1. The van der Waals surface area contributed by atoms with E-state index < -0.39 is 0 Å². The number of aromatic amines is 1. The molecule has 30 heavy (non-hydrogen) atoms. The minimum absolute atomic E-state index is 0.167. The third-order valence-electron chi connectivity index (χ3n) is 4.80. The van der Waals surface area contributed by atoms with Crippen molar-refractivity contribution in [2.75, 3.05) is 12.9 Å². The summed E-state index contributed by atoms with van der Waals surface area (Å²) in [5.74, 6) is 0.806. The Bertz CT molecular complexity index is 1260. The molecule has 6 nitrogen and oxygen atoms in total. The molecule has 0 atom stereocenters. The van der Waals surface area contributed by atoms with Crippen LogP contribution in [0.15, 0.2) is 58.5 Å². The highest BCUT2D eigenvalue weighted by Gasteiger charge is 2.11. The Hall–Kier alpha value is -3.32. The number of amides is 1. The Kier molecular flexibility index (Phi) is 5.72. The molecule has 4 rings (SSSR count). The average Bonchev–Trinajstić information content (AvgIpc) is 3.06. The van der Waals surface area contributed by atoms with E-state index in [4.69, 9.17) is 4.74 Å². The van der Waals surface area contributed by atoms with Gasteiger partial charge in [0.2, 0.25) is 5.91 Å². The predicted octanol–water partition coefficient (Wildman–Crippen LogP) is 4.58. The van der Waals surface area contributed by atoms with Crippen LogP contribution in [-0.4, -0.2) is 35.0 Å². The van der Waals surface area contributed by atoms with Crippen LogP contribution in [-0.2, 0) is 4.79 Å². The number of nitrogens with zero attached hydrogens (tertiary/aromatic N) is 2. The van der Waals surface area contributed by atoms with Gasteiger partial charge in [0.25, 0.3) is 0 Å². The molecular weight excluding hydrogens is 396 g/mol. The number of carbonyl (C=O) groups is 1. The molecule has 0 unspecified atom stereocenters. The van der Waals surface area contributed by atoms with Gasteiger partial charge in [-0.1, -0.05) is 30.3 Å². The second-order valence-corrected chi connectivity index (χ2v) is 7.93. The summed E-state index contributed by atoms with van der Waals surface area (Å²) < 4.78 is 5.42. The molecule has 0 spiro atoms. The highest BCUT2D eigenvalue weighted by Crippen LogP contribution is 2.32. The largest absolute Gasteiger partial charge is 0.494 e. The van der Waals surface area contributed by atoms with E-state index in [1.54, 1.807) is 13.3 Å². The zero-order chi connectivity index (χ0) is 21.1. The quantitative estimate of drug-likeness (QED) is 0.273. The van der Waals surface area contributed by atoms with Crippen LogP contribution in [0.1, 0.15) is 17.0 Å². The standard InChI is InChI=1S/C23H22N4O2S/c1-14-11-21(17-8-6-10-20(29-3)23(17)25-14)30-13-22(28)27-24-12-18-15(2)26-19-9-5-4-7-16(18)19/h4-12,26H,13H2,1-3H3,(H,27,28)/b24-12-. The van der Waals surface area contributed by atoms with Gasteiger partial charge in [-0.05, 0) is 32.0 Å². The number of fused-ring (bicyclic) bond motifs is 2. The molecule has 0 fully saturated rings. The Morgan fingerprint density at radius 1 is 1.20 bits per heavy atom. The zero-order valence-electron chi connectivity index (χ0n) is 17.0. The Morgan fingerprint density at radius 3 is 2.83 bits per heavy atom. The SMILES string of the molecule is COc1cccc2c(SCC(=O)N/N=C\c3c(C)[nH]c4ccccc34)cc(C)nc12. The minimum Gasteiger partial charge on any atom is -0.494 e. The van der Waals surface area contributed by atoms with Gasteiger partial charge in [-0.2, -0.15) is 5.10 Å². The van der Waals surface area contributed by atoms with Crippen molar-refractivity contribution in [1.82, 2.24) is 15.4 Å². The summed E-state index contributed by atoms with van der Waals surface area (Å²) in [4.78, 5) is 21.2. The van der Waals surface area contributed by atoms with Gasteiger partial charge >= 0.3 is 0 Å². The molecule has 0 bridgehead atoms. The molecule has 0 aliphatic rings. The number of pyridine rings is 1. The van der Waals surface area contributed by atoms with Crippen LogP contribution in [0.4, 0.5) is 0 Å². The number of para-hydroxylation sites is 2. The van der Waals surface area contributed by atoms with Crippen LogP contribution >= 0.6 is 11.8 Å². The van der Waals surface area contributed by atoms with Crippen molar-refractivity contribution in [3.8, 4) is 5.75 Å². The first-order valence-electron chi connectivity index (χ1n) is 9.53. The van der Waals surface area contributed by atoms with E-state index in [0.29, 0.717) is 0 Å². The first-order chi connectivity index (χ1) is 14.6. The topological polar surface area (TPSA) is 79.4 Å². The van der Waals surface area contributed by atoms with Crippen molar-refractivity contribution in [2.45, 2.75) is 18.7 Å². The number of thioether (sulfide) groups is 1. The Balaban J connectivity index is 1.45. The number of hydrazone groups is 1. The van der Waals surface area contributed by atoms with E-state index in [2.05, 4.69) is 20.5 Å². The molecule has 2 heterocycles. The van der Waals surface area contributed by atoms with Gasteiger partial charge in [-0.3, -0.25) is 4.79 Å². The van der Waals surface area contributed by atoms with Crippen molar-refractivity contribution in [3.05, 3.63) is 65.5 Å². The molecule has 0 aliphatic carbocycles. The number of hydrogen-bond acceptors (Lipinski definition) is 5. The second kappa shape index (κ2) is 8.59. The number of hydrogen-bond donors (Lipinski definition) is 2. The summed E-state index contributed by atoms with van der Waals surface area (Å²) in [6, 6.07) is 15.8. The van der Waals surface area contributed by atoms with Crippen LogP contribution in [0.5, 0.6) is 5.75 Å². The van der Waals surface area contributed by atoms with Crippen LogP contribution in [0.3, 0.4) is 0 Å². The minimum atomic E-state index is -0.167. The normalized spacial score (nSPS) is 11.4. The van der Waals surface area contributed by atoms with Crippen LogP contribution in [0.2, 0.25) is 0 Å². The van der Waals surface area contributed by atoms with Gasteiger partial charge in [0, 0.05) is 38.1 Å². The van der Waals surface area contributed by atoms with Gasteiger partial charge in [-0.25, -0.2) is 10.4 Å².